The largest absolute Gasteiger partial charge is 0.303 e. The van der Waals surface area contributed by atoms with Crippen molar-refractivity contribution < 1.29 is 0 Å². The predicted molar refractivity (Wildman–Crippen MR) is 158 cm³/mol. The molecular formula is C33H69N. The number of hydrogen-bond donors (Lipinski definition) is 0. The van der Waals surface area contributed by atoms with Crippen LogP contribution in [0, 0.1) is 5.92 Å². The maximum atomic E-state index is 2.74. The van der Waals surface area contributed by atoms with Gasteiger partial charge in [-0.15, -0.1) is 0 Å². The Morgan fingerprint density at radius 1 is 0.412 bits per heavy atom. The zero-order valence-corrected chi connectivity index (χ0v) is 25.0. The van der Waals surface area contributed by atoms with E-state index in [0.29, 0.717) is 0 Å². The molecule has 0 rings (SSSR count). The van der Waals surface area contributed by atoms with Crippen LogP contribution in [0.2, 0.25) is 0 Å². The summed E-state index contributed by atoms with van der Waals surface area (Å²) in [6.07, 6.45) is 36.1. The molecule has 0 aromatic carbocycles. The minimum atomic E-state index is 0.835. The molecule has 0 aliphatic heterocycles. The van der Waals surface area contributed by atoms with E-state index >= 15 is 0 Å². The summed E-state index contributed by atoms with van der Waals surface area (Å²) in [6.45, 7) is 10.7. The first-order valence-corrected chi connectivity index (χ1v) is 16.3. The summed E-state index contributed by atoms with van der Waals surface area (Å²) in [4.78, 5) is 2.74. The van der Waals surface area contributed by atoms with Gasteiger partial charge in [0.15, 0.2) is 0 Å². The van der Waals surface area contributed by atoms with Crippen LogP contribution in [0.15, 0.2) is 0 Å². The lowest BCUT2D eigenvalue weighted by molar-refractivity contribution is 0.204. The van der Waals surface area contributed by atoms with Crippen LogP contribution in [0.1, 0.15) is 188 Å². The molecule has 0 saturated heterocycles. The van der Waals surface area contributed by atoms with Gasteiger partial charge < -0.3 is 4.90 Å². The highest BCUT2D eigenvalue weighted by Crippen LogP contribution is 2.20. The Bertz CT molecular complexity index is 340. The van der Waals surface area contributed by atoms with Crippen molar-refractivity contribution in [1.82, 2.24) is 4.90 Å². The molecular weight excluding hydrogens is 410 g/mol. The molecule has 0 aliphatic rings. The van der Waals surface area contributed by atoms with Crippen molar-refractivity contribution in [2.45, 2.75) is 194 Å². The van der Waals surface area contributed by atoms with E-state index in [2.05, 4.69) is 39.6 Å². The third kappa shape index (κ3) is 25.1. The molecule has 0 bridgehead atoms. The second-order valence-corrected chi connectivity index (χ2v) is 12.0. The summed E-state index contributed by atoms with van der Waals surface area (Å²) in [6, 6.07) is 0.835. The molecule has 34 heavy (non-hydrogen) atoms. The third-order valence-electron chi connectivity index (χ3n) is 7.95. The fourth-order valence-electron chi connectivity index (χ4n) is 5.42. The van der Waals surface area contributed by atoms with Gasteiger partial charge in [0, 0.05) is 6.04 Å². The van der Waals surface area contributed by atoms with Gasteiger partial charge in [-0.1, -0.05) is 169 Å². The van der Waals surface area contributed by atoms with Crippen LogP contribution < -0.4 is 0 Å². The summed E-state index contributed by atoms with van der Waals surface area (Å²) < 4.78 is 0. The van der Waals surface area contributed by atoms with E-state index in [9.17, 15) is 0 Å². The van der Waals surface area contributed by atoms with Crippen molar-refractivity contribution in [3.63, 3.8) is 0 Å². The smallest absolute Gasteiger partial charge is 0.00922 e. The lowest BCUT2D eigenvalue weighted by Gasteiger charge is -2.28. The molecule has 0 unspecified atom stereocenters. The van der Waals surface area contributed by atoms with Gasteiger partial charge in [0.25, 0.3) is 0 Å². The lowest BCUT2D eigenvalue weighted by Crippen LogP contribution is -2.32. The Hall–Kier alpha value is -0.0400. The minimum Gasteiger partial charge on any atom is -0.303 e. The highest BCUT2D eigenvalue weighted by atomic mass is 15.1. The molecule has 1 nitrogen and oxygen atoms in total. The summed E-state index contributed by atoms with van der Waals surface area (Å²) in [5.41, 5.74) is 0. The molecule has 0 aliphatic carbocycles. The van der Waals surface area contributed by atoms with Gasteiger partial charge in [-0.3, -0.25) is 0 Å². The normalized spacial score (nSPS) is 12.0. The van der Waals surface area contributed by atoms with Gasteiger partial charge in [0.05, 0.1) is 0 Å². The van der Waals surface area contributed by atoms with Gasteiger partial charge in [-0.05, 0) is 38.8 Å². The highest BCUT2D eigenvalue weighted by molar-refractivity contribution is 4.70. The quantitative estimate of drug-likeness (QED) is 0.101. The number of unbranched alkanes of at least 4 members (excludes halogenated alkanes) is 19. The summed E-state index contributed by atoms with van der Waals surface area (Å²) in [5.74, 6) is 0.861. The van der Waals surface area contributed by atoms with Crippen LogP contribution in [-0.4, -0.2) is 24.5 Å². The summed E-state index contributed by atoms with van der Waals surface area (Å²) >= 11 is 0. The van der Waals surface area contributed by atoms with Crippen molar-refractivity contribution in [3.8, 4) is 0 Å². The van der Waals surface area contributed by atoms with Crippen LogP contribution in [0.25, 0.3) is 0 Å². The van der Waals surface area contributed by atoms with E-state index < -0.39 is 0 Å². The zero-order chi connectivity index (χ0) is 25.1. The van der Waals surface area contributed by atoms with Gasteiger partial charge >= 0.3 is 0 Å². The van der Waals surface area contributed by atoms with Crippen LogP contribution in [0.3, 0.4) is 0 Å². The van der Waals surface area contributed by atoms with Crippen LogP contribution >= 0.6 is 0 Å². The summed E-state index contributed by atoms with van der Waals surface area (Å²) in [5, 5.41) is 0. The van der Waals surface area contributed by atoms with E-state index in [0.717, 1.165) is 12.0 Å². The molecule has 0 saturated carbocycles. The average Bonchev–Trinajstić information content (AvgIpc) is 2.82. The standard InChI is InChI=1S/C33H69N/c1-6-8-10-12-14-16-18-20-22-24-29-33(34(5)31-27-26-28-32(3)4)30-25-23-21-19-17-15-13-11-9-7-2/h32-33H,6-31H2,1-5H3. The first-order valence-electron chi connectivity index (χ1n) is 16.3. The Morgan fingerprint density at radius 3 is 1.09 bits per heavy atom. The third-order valence-corrected chi connectivity index (χ3v) is 7.95. The molecule has 0 fully saturated rings. The van der Waals surface area contributed by atoms with Gasteiger partial charge in [0.1, 0.15) is 0 Å². The maximum Gasteiger partial charge on any atom is 0.00922 e. The molecule has 1 heteroatoms. The Morgan fingerprint density at radius 2 is 0.735 bits per heavy atom. The fraction of sp³-hybridized carbons (Fsp3) is 1.00. The summed E-state index contributed by atoms with van der Waals surface area (Å²) in [7, 11) is 2.42. The molecule has 0 aromatic heterocycles. The van der Waals surface area contributed by atoms with Gasteiger partial charge in [-0.25, -0.2) is 0 Å². The van der Waals surface area contributed by atoms with Crippen molar-refractivity contribution in [2.75, 3.05) is 13.6 Å². The van der Waals surface area contributed by atoms with E-state index in [1.54, 1.807) is 0 Å². The number of hydrogen-bond acceptors (Lipinski definition) is 1. The molecule has 206 valence electrons. The fourth-order valence-corrected chi connectivity index (χ4v) is 5.42. The van der Waals surface area contributed by atoms with Crippen molar-refractivity contribution in [2.24, 2.45) is 5.92 Å². The van der Waals surface area contributed by atoms with Crippen molar-refractivity contribution in [3.05, 3.63) is 0 Å². The molecule has 0 heterocycles. The molecule has 0 atom stereocenters. The van der Waals surface area contributed by atoms with E-state index in [1.165, 1.54) is 167 Å². The number of nitrogens with zero attached hydrogens (tertiary/aromatic N) is 1. The van der Waals surface area contributed by atoms with Crippen molar-refractivity contribution in [1.29, 1.82) is 0 Å². The highest BCUT2D eigenvalue weighted by Gasteiger charge is 2.14. The zero-order valence-electron chi connectivity index (χ0n) is 25.0. The first-order chi connectivity index (χ1) is 16.6. The average molecular weight is 480 g/mol. The minimum absolute atomic E-state index is 0.835. The van der Waals surface area contributed by atoms with E-state index in [-0.39, 0.29) is 0 Å². The maximum absolute atomic E-state index is 2.74. The topological polar surface area (TPSA) is 3.24 Å². The Kier molecular flexibility index (Phi) is 27.5. The predicted octanol–water partition coefficient (Wildman–Crippen LogP) is 11.7. The lowest BCUT2D eigenvalue weighted by atomic mass is 9.98. The van der Waals surface area contributed by atoms with Crippen LogP contribution in [-0.2, 0) is 0 Å². The molecule has 0 aromatic rings. The van der Waals surface area contributed by atoms with Crippen LogP contribution in [0.5, 0.6) is 0 Å². The van der Waals surface area contributed by atoms with Crippen molar-refractivity contribution >= 4 is 0 Å². The first kappa shape index (κ1) is 34.0. The number of rotatable bonds is 28. The van der Waals surface area contributed by atoms with Gasteiger partial charge in [0.2, 0.25) is 0 Å². The van der Waals surface area contributed by atoms with Crippen LogP contribution in [0.4, 0.5) is 0 Å². The van der Waals surface area contributed by atoms with E-state index in [4.69, 9.17) is 0 Å². The molecule has 0 spiro atoms. The SMILES string of the molecule is CCCCCCCCCCCCC(CCCCCCCCCCCC)N(C)CCCCC(C)C. The van der Waals surface area contributed by atoms with E-state index in [1.807, 2.05) is 0 Å². The molecule has 0 N–H and O–H groups in total. The second-order valence-electron chi connectivity index (χ2n) is 12.0. The second kappa shape index (κ2) is 27.5. The Balaban J connectivity index is 3.99. The van der Waals surface area contributed by atoms with Gasteiger partial charge in [-0.2, -0.15) is 0 Å². The molecule has 0 amide bonds. The Labute approximate surface area is 218 Å². The monoisotopic (exact) mass is 480 g/mol. The molecule has 0 radical (unpaired) electrons.